The third kappa shape index (κ3) is 1.28. The zero-order chi connectivity index (χ0) is 10.1. The van der Waals surface area contributed by atoms with Crippen molar-refractivity contribution in [3.05, 3.63) is 30.2 Å². The van der Waals surface area contributed by atoms with E-state index in [0.717, 1.165) is 0 Å². The lowest BCUT2D eigenvalue weighted by molar-refractivity contribution is 0.0698. The van der Waals surface area contributed by atoms with Gasteiger partial charge in [-0.05, 0) is 6.07 Å². The van der Waals surface area contributed by atoms with Gasteiger partial charge in [-0.3, -0.25) is 4.68 Å². The van der Waals surface area contributed by atoms with Crippen LogP contribution in [-0.2, 0) is 7.05 Å². The summed E-state index contributed by atoms with van der Waals surface area (Å²) in [7, 11) is 1.79. The summed E-state index contributed by atoms with van der Waals surface area (Å²) in [6.07, 6.45) is 4.85. The summed E-state index contributed by atoms with van der Waals surface area (Å²) >= 11 is 0. The molecule has 2 N–H and O–H groups in total. The molecule has 5 heteroatoms. The fourth-order valence-corrected chi connectivity index (χ4v) is 1.31. The van der Waals surface area contributed by atoms with Crippen molar-refractivity contribution in [1.82, 2.24) is 14.8 Å². The van der Waals surface area contributed by atoms with Gasteiger partial charge in [0.05, 0.1) is 11.3 Å². The first-order valence-electron chi connectivity index (χ1n) is 4.08. The van der Waals surface area contributed by atoms with E-state index in [0.29, 0.717) is 11.3 Å². The second-order valence-corrected chi connectivity index (χ2v) is 2.96. The number of carbonyl (C=O) groups is 1. The molecule has 0 atom stereocenters. The molecule has 0 aliphatic heterocycles. The van der Waals surface area contributed by atoms with Gasteiger partial charge in [0.2, 0.25) is 0 Å². The van der Waals surface area contributed by atoms with E-state index in [9.17, 15) is 4.79 Å². The van der Waals surface area contributed by atoms with Crippen LogP contribution in [-0.4, -0.2) is 25.8 Å². The van der Waals surface area contributed by atoms with Gasteiger partial charge in [0.15, 0.2) is 0 Å². The van der Waals surface area contributed by atoms with Crippen LogP contribution < -0.4 is 0 Å². The molecule has 0 unspecified atom stereocenters. The number of rotatable bonds is 2. The number of carboxylic acid groups (broad SMARTS) is 1. The summed E-state index contributed by atoms with van der Waals surface area (Å²) in [5.41, 5.74) is 1.51. The van der Waals surface area contributed by atoms with Crippen molar-refractivity contribution in [3.8, 4) is 11.3 Å². The second-order valence-electron chi connectivity index (χ2n) is 2.96. The zero-order valence-electron chi connectivity index (χ0n) is 7.56. The lowest BCUT2D eigenvalue weighted by Gasteiger charge is -1.94. The standard InChI is InChI=1S/C9H9N3O2/c1-12-3-2-8(11-12)6-4-10-5-7(6)9(13)14/h2-5,10H,1H3,(H,13,14). The summed E-state index contributed by atoms with van der Waals surface area (Å²) in [6, 6.07) is 1.77. The lowest BCUT2D eigenvalue weighted by Crippen LogP contribution is -1.96. The fourth-order valence-electron chi connectivity index (χ4n) is 1.31. The Balaban J connectivity index is 2.51. The van der Waals surface area contributed by atoms with Crippen LogP contribution in [0.25, 0.3) is 11.3 Å². The number of nitrogens with one attached hydrogen (secondary N) is 1. The highest BCUT2D eigenvalue weighted by atomic mass is 16.4. The average Bonchev–Trinajstić information content (AvgIpc) is 2.70. The normalized spacial score (nSPS) is 10.4. The van der Waals surface area contributed by atoms with Gasteiger partial charge in [0, 0.05) is 31.2 Å². The van der Waals surface area contributed by atoms with Gasteiger partial charge in [-0.15, -0.1) is 0 Å². The molecule has 2 heterocycles. The van der Waals surface area contributed by atoms with Gasteiger partial charge < -0.3 is 10.1 Å². The highest BCUT2D eigenvalue weighted by Gasteiger charge is 2.13. The topological polar surface area (TPSA) is 70.9 Å². The van der Waals surface area contributed by atoms with Crippen LogP contribution in [0.4, 0.5) is 0 Å². The minimum Gasteiger partial charge on any atom is -0.478 e. The van der Waals surface area contributed by atoms with Crippen molar-refractivity contribution in [2.75, 3.05) is 0 Å². The second kappa shape index (κ2) is 3.02. The highest BCUT2D eigenvalue weighted by Crippen LogP contribution is 2.20. The van der Waals surface area contributed by atoms with Crippen molar-refractivity contribution >= 4 is 5.97 Å². The van der Waals surface area contributed by atoms with Crippen molar-refractivity contribution in [2.45, 2.75) is 0 Å². The molecule has 0 saturated carbocycles. The van der Waals surface area contributed by atoms with Gasteiger partial charge in [-0.1, -0.05) is 0 Å². The Bertz CT molecular complexity index is 470. The third-order valence-corrected chi connectivity index (χ3v) is 1.97. The van der Waals surface area contributed by atoms with Gasteiger partial charge in [0.1, 0.15) is 0 Å². The Morgan fingerprint density at radius 1 is 1.57 bits per heavy atom. The fraction of sp³-hybridized carbons (Fsp3) is 0.111. The van der Waals surface area contributed by atoms with Crippen molar-refractivity contribution in [2.24, 2.45) is 7.05 Å². The zero-order valence-corrected chi connectivity index (χ0v) is 7.56. The van der Waals surface area contributed by atoms with Gasteiger partial charge >= 0.3 is 5.97 Å². The molecule has 0 bridgehead atoms. The number of aryl methyl sites for hydroxylation is 1. The first kappa shape index (κ1) is 8.55. The summed E-state index contributed by atoms with van der Waals surface area (Å²) in [6.45, 7) is 0. The van der Waals surface area contributed by atoms with E-state index in [4.69, 9.17) is 5.11 Å². The largest absolute Gasteiger partial charge is 0.478 e. The molecule has 0 fully saturated rings. The van der Waals surface area contributed by atoms with E-state index in [2.05, 4.69) is 10.1 Å². The van der Waals surface area contributed by atoms with E-state index in [-0.39, 0.29) is 5.56 Å². The molecule has 72 valence electrons. The summed E-state index contributed by atoms with van der Waals surface area (Å²) in [5, 5.41) is 13.0. The van der Waals surface area contributed by atoms with Gasteiger partial charge in [-0.2, -0.15) is 5.10 Å². The maximum atomic E-state index is 10.8. The summed E-state index contributed by atoms with van der Waals surface area (Å²) in [5.74, 6) is -0.952. The first-order chi connectivity index (χ1) is 6.68. The Kier molecular flexibility index (Phi) is 1.85. The molecule has 14 heavy (non-hydrogen) atoms. The Morgan fingerprint density at radius 2 is 2.36 bits per heavy atom. The molecule has 0 aliphatic carbocycles. The smallest absolute Gasteiger partial charge is 0.337 e. The number of hydrogen-bond acceptors (Lipinski definition) is 2. The highest BCUT2D eigenvalue weighted by molar-refractivity contribution is 5.95. The molecule has 0 aromatic carbocycles. The van der Waals surface area contributed by atoms with Crippen LogP contribution in [0.5, 0.6) is 0 Å². The number of aromatic nitrogens is 3. The average molecular weight is 191 g/mol. The molecular weight excluding hydrogens is 182 g/mol. The Hall–Kier alpha value is -2.04. The summed E-state index contributed by atoms with van der Waals surface area (Å²) in [4.78, 5) is 13.6. The SMILES string of the molecule is Cn1ccc(-c2c[nH]cc2C(=O)O)n1. The molecule has 0 spiro atoms. The number of aromatic amines is 1. The predicted octanol–water partition coefficient (Wildman–Crippen LogP) is 1.11. The molecule has 2 aromatic rings. The van der Waals surface area contributed by atoms with Crippen LogP contribution in [0.3, 0.4) is 0 Å². The van der Waals surface area contributed by atoms with Crippen LogP contribution in [0.2, 0.25) is 0 Å². The maximum Gasteiger partial charge on any atom is 0.337 e. The van der Waals surface area contributed by atoms with Crippen LogP contribution in [0.1, 0.15) is 10.4 Å². The van der Waals surface area contributed by atoms with E-state index >= 15 is 0 Å². The van der Waals surface area contributed by atoms with Crippen molar-refractivity contribution in [1.29, 1.82) is 0 Å². The molecule has 0 saturated heterocycles. The number of hydrogen-bond donors (Lipinski definition) is 2. The molecule has 0 radical (unpaired) electrons. The van der Waals surface area contributed by atoms with Crippen LogP contribution >= 0.6 is 0 Å². The van der Waals surface area contributed by atoms with E-state index in [1.807, 2.05) is 0 Å². The lowest BCUT2D eigenvalue weighted by atomic mass is 10.1. The Morgan fingerprint density at radius 3 is 2.93 bits per heavy atom. The van der Waals surface area contributed by atoms with Crippen molar-refractivity contribution < 1.29 is 9.90 Å². The number of aromatic carboxylic acids is 1. The molecule has 2 rings (SSSR count). The van der Waals surface area contributed by atoms with E-state index < -0.39 is 5.97 Å². The third-order valence-electron chi connectivity index (χ3n) is 1.97. The monoisotopic (exact) mass is 191 g/mol. The van der Waals surface area contributed by atoms with E-state index in [1.54, 1.807) is 30.2 Å². The van der Waals surface area contributed by atoms with Gasteiger partial charge in [-0.25, -0.2) is 4.79 Å². The molecule has 5 nitrogen and oxygen atoms in total. The summed E-state index contributed by atoms with van der Waals surface area (Å²) < 4.78 is 1.63. The minimum atomic E-state index is -0.952. The van der Waals surface area contributed by atoms with Crippen molar-refractivity contribution in [3.63, 3.8) is 0 Å². The number of carboxylic acids is 1. The van der Waals surface area contributed by atoms with Crippen LogP contribution in [0, 0.1) is 0 Å². The maximum absolute atomic E-state index is 10.8. The first-order valence-corrected chi connectivity index (χ1v) is 4.08. The van der Waals surface area contributed by atoms with Gasteiger partial charge in [0.25, 0.3) is 0 Å². The van der Waals surface area contributed by atoms with E-state index in [1.165, 1.54) is 6.20 Å². The molecular formula is C9H9N3O2. The molecule has 2 aromatic heterocycles. The quantitative estimate of drug-likeness (QED) is 0.747. The number of nitrogens with zero attached hydrogens (tertiary/aromatic N) is 2. The predicted molar refractivity (Wildman–Crippen MR) is 50.0 cm³/mol. The Labute approximate surface area is 80.0 Å². The minimum absolute atomic E-state index is 0.240. The number of H-pyrrole nitrogens is 1. The van der Waals surface area contributed by atoms with Crippen LogP contribution in [0.15, 0.2) is 24.7 Å². The molecule has 0 amide bonds. The molecule has 0 aliphatic rings.